The van der Waals surface area contributed by atoms with Crippen molar-refractivity contribution in [2.24, 2.45) is 0 Å². The van der Waals surface area contributed by atoms with E-state index in [1.165, 1.54) is 0 Å². The van der Waals surface area contributed by atoms with Gasteiger partial charge in [0.05, 0.1) is 0 Å². The Morgan fingerprint density at radius 1 is 1.04 bits per heavy atom. The van der Waals surface area contributed by atoms with Crippen LogP contribution in [0, 0.1) is 0 Å². The summed E-state index contributed by atoms with van der Waals surface area (Å²) < 4.78 is 22.2. The Morgan fingerprint density at radius 3 is 2.64 bits per heavy atom. The largest absolute Gasteiger partial charge is 0.485 e. The molecular formula is C19H19NO5. The molecule has 25 heavy (non-hydrogen) atoms. The summed E-state index contributed by atoms with van der Waals surface area (Å²) >= 11 is 0. The van der Waals surface area contributed by atoms with Crippen LogP contribution in [0.15, 0.2) is 42.5 Å². The van der Waals surface area contributed by atoms with Crippen LogP contribution in [-0.2, 0) is 11.3 Å². The maximum Gasteiger partial charge on any atom is 0.267 e. The van der Waals surface area contributed by atoms with Crippen LogP contribution in [0.25, 0.3) is 0 Å². The molecule has 0 unspecified atom stereocenters. The van der Waals surface area contributed by atoms with Gasteiger partial charge in [0.25, 0.3) is 5.91 Å². The van der Waals surface area contributed by atoms with Gasteiger partial charge in [0.1, 0.15) is 6.61 Å². The Labute approximate surface area is 145 Å². The second kappa shape index (κ2) is 6.55. The van der Waals surface area contributed by atoms with Crippen molar-refractivity contribution in [2.45, 2.75) is 19.6 Å². The number of amides is 1. The number of hydrogen-bond donors (Lipinski definition) is 0. The third-order valence-electron chi connectivity index (χ3n) is 4.29. The summed E-state index contributed by atoms with van der Waals surface area (Å²) in [7, 11) is 0. The van der Waals surface area contributed by atoms with Crippen molar-refractivity contribution in [2.75, 3.05) is 19.9 Å². The highest BCUT2D eigenvalue weighted by atomic mass is 16.7. The zero-order valence-corrected chi connectivity index (χ0v) is 13.9. The van der Waals surface area contributed by atoms with E-state index >= 15 is 0 Å². The molecule has 0 aromatic heterocycles. The lowest BCUT2D eigenvalue weighted by atomic mass is 10.1. The number of fused-ring (bicyclic) bond motifs is 2. The van der Waals surface area contributed by atoms with Gasteiger partial charge in [-0.25, -0.2) is 0 Å². The predicted octanol–water partition coefficient (Wildman–Crippen LogP) is 2.60. The summed E-state index contributed by atoms with van der Waals surface area (Å²) in [6.45, 7) is 3.46. The van der Waals surface area contributed by atoms with Gasteiger partial charge in [-0.2, -0.15) is 0 Å². The summed E-state index contributed by atoms with van der Waals surface area (Å²) in [6.07, 6.45) is -0.635. The summed E-state index contributed by atoms with van der Waals surface area (Å²) in [4.78, 5) is 14.6. The highest BCUT2D eigenvalue weighted by Crippen LogP contribution is 2.33. The Morgan fingerprint density at radius 2 is 1.80 bits per heavy atom. The van der Waals surface area contributed by atoms with Crippen molar-refractivity contribution in [1.29, 1.82) is 0 Å². The minimum Gasteiger partial charge on any atom is -0.485 e. The minimum atomic E-state index is -0.635. The molecule has 0 bridgehead atoms. The SMILES string of the molecule is CCN(Cc1ccc2c(c1)OCO2)C(=O)[C@H]1COc2ccccc2O1. The molecular weight excluding hydrogens is 322 g/mol. The topological polar surface area (TPSA) is 57.2 Å². The Kier molecular flexibility index (Phi) is 4.09. The molecule has 0 radical (unpaired) electrons. The smallest absolute Gasteiger partial charge is 0.267 e. The van der Waals surface area contributed by atoms with Gasteiger partial charge in [0.2, 0.25) is 12.9 Å². The predicted molar refractivity (Wildman–Crippen MR) is 90.0 cm³/mol. The van der Waals surface area contributed by atoms with Gasteiger partial charge in [0, 0.05) is 13.1 Å². The molecule has 0 saturated heterocycles. The van der Waals surface area contributed by atoms with E-state index in [9.17, 15) is 4.79 Å². The zero-order chi connectivity index (χ0) is 17.2. The maximum absolute atomic E-state index is 12.8. The molecule has 0 N–H and O–H groups in total. The maximum atomic E-state index is 12.8. The first-order chi connectivity index (χ1) is 12.2. The summed E-state index contributed by atoms with van der Waals surface area (Å²) in [5.41, 5.74) is 0.983. The highest BCUT2D eigenvalue weighted by molar-refractivity contribution is 5.82. The minimum absolute atomic E-state index is 0.0883. The number of benzene rings is 2. The lowest BCUT2D eigenvalue weighted by molar-refractivity contribution is -0.141. The molecule has 1 amide bonds. The van der Waals surface area contributed by atoms with Crippen molar-refractivity contribution in [3.63, 3.8) is 0 Å². The van der Waals surface area contributed by atoms with E-state index in [0.29, 0.717) is 30.3 Å². The van der Waals surface area contributed by atoms with Crippen LogP contribution < -0.4 is 18.9 Å². The second-order valence-corrected chi connectivity index (χ2v) is 5.90. The molecule has 4 rings (SSSR count). The molecule has 6 nitrogen and oxygen atoms in total. The highest BCUT2D eigenvalue weighted by Gasteiger charge is 2.30. The van der Waals surface area contributed by atoms with Gasteiger partial charge >= 0.3 is 0 Å². The molecule has 1 atom stereocenters. The number of likely N-dealkylation sites (N-methyl/N-ethyl adjacent to an activating group) is 1. The van der Waals surface area contributed by atoms with Crippen LogP contribution in [0.5, 0.6) is 23.0 Å². The zero-order valence-electron chi connectivity index (χ0n) is 13.9. The quantitative estimate of drug-likeness (QED) is 0.856. The van der Waals surface area contributed by atoms with E-state index in [2.05, 4.69) is 0 Å². The fraction of sp³-hybridized carbons (Fsp3) is 0.316. The normalized spacial score (nSPS) is 17.2. The molecule has 2 heterocycles. The van der Waals surface area contributed by atoms with Crippen LogP contribution in [0.1, 0.15) is 12.5 Å². The lowest BCUT2D eigenvalue weighted by Gasteiger charge is -2.30. The van der Waals surface area contributed by atoms with Gasteiger partial charge in [-0.15, -0.1) is 0 Å². The molecule has 0 spiro atoms. The standard InChI is InChI=1S/C19H19NO5/c1-2-20(10-13-7-8-15-17(9-13)24-12-23-15)19(21)18-11-22-14-5-3-4-6-16(14)25-18/h3-9,18H,2,10-12H2,1H3/t18-/m1/s1. The van der Waals surface area contributed by atoms with Crippen molar-refractivity contribution in [1.82, 2.24) is 4.90 Å². The fourth-order valence-corrected chi connectivity index (χ4v) is 2.95. The summed E-state index contributed by atoms with van der Waals surface area (Å²) in [5.74, 6) is 2.64. The van der Waals surface area contributed by atoms with Gasteiger partial charge in [-0.3, -0.25) is 4.79 Å². The molecule has 0 aliphatic carbocycles. The van der Waals surface area contributed by atoms with E-state index < -0.39 is 6.10 Å². The Hall–Kier alpha value is -2.89. The second-order valence-electron chi connectivity index (χ2n) is 5.90. The summed E-state index contributed by atoms with van der Waals surface area (Å²) in [5, 5.41) is 0. The van der Waals surface area contributed by atoms with Crippen LogP contribution in [-0.4, -0.2) is 36.9 Å². The molecule has 0 fully saturated rings. The van der Waals surface area contributed by atoms with Crippen molar-refractivity contribution >= 4 is 5.91 Å². The first-order valence-electron chi connectivity index (χ1n) is 8.30. The average Bonchev–Trinajstić information content (AvgIpc) is 3.13. The van der Waals surface area contributed by atoms with Crippen LogP contribution >= 0.6 is 0 Å². The van der Waals surface area contributed by atoms with E-state index in [-0.39, 0.29) is 19.3 Å². The van der Waals surface area contributed by atoms with Crippen LogP contribution in [0.4, 0.5) is 0 Å². The number of carbonyl (C=O) groups is 1. The van der Waals surface area contributed by atoms with Crippen LogP contribution in [0.2, 0.25) is 0 Å². The number of rotatable bonds is 4. The number of hydrogen-bond acceptors (Lipinski definition) is 5. The first-order valence-corrected chi connectivity index (χ1v) is 8.30. The molecule has 2 aromatic rings. The number of para-hydroxylation sites is 2. The van der Waals surface area contributed by atoms with Gasteiger partial charge in [0.15, 0.2) is 23.0 Å². The van der Waals surface area contributed by atoms with Crippen molar-refractivity contribution < 1.29 is 23.7 Å². The van der Waals surface area contributed by atoms with E-state index in [4.69, 9.17) is 18.9 Å². The molecule has 2 aromatic carbocycles. The van der Waals surface area contributed by atoms with Crippen molar-refractivity contribution in [3.8, 4) is 23.0 Å². The van der Waals surface area contributed by atoms with E-state index in [0.717, 1.165) is 11.3 Å². The van der Waals surface area contributed by atoms with E-state index in [1.54, 1.807) is 4.90 Å². The number of ether oxygens (including phenoxy) is 4. The van der Waals surface area contributed by atoms with E-state index in [1.807, 2.05) is 49.4 Å². The Balaban J connectivity index is 1.47. The van der Waals surface area contributed by atoms with Gasteiger partial charge in [-0.05, 0) is 36.8 Å². The monoisotopic (exact) mass is 341 g/mol. The number of carbonyl (C=O) groups excluding carboxylic acids is 1. The van der Waals surface area contributed by atoms with Gasteiger partial charge in [-0.1, -0.05) is 18.2 Å². The average molecular weight is 341 g/mol. The summed E-state index contributed by atoms with van der Waals surface area (Å²) in [6, 6.07) is 13.1. The molecule has 2 aliphatic rings. The molecule has 6 heteroatoms. The van der Waals surface area contributed by atoms with Crippen molar-refractivity contribution in [3.05, 3.63) is 48.0 Å². The molecule has 2 aliphatic heterocycles. The van der Waals surface area contributed by atoms with Crippen LogP contribution in [0.3, 0.4) is 0 Å². The third kappa shape index (κ3) is 3.07. The lowest BCUT2D eigenvalue weighted by Crippen LogP contribution is -2.46. The van der Waals surface area contributed by atoms with Gasteiger partial charge < -0.3 is 23.8 Å². The molecule has 130 valence electrons. The fourth-order valence-electron chi connectivity index (χ4n) is 2.95. The number of nitrogens with zero attached hydrogens (tertiary/aromatic N) is 1. The third-order valence-corrected chi connectivity index (χ3v) is 4.29. The Bertz CT molecular complexity index is 791. The first kappa shape index (κ1) is 15.6. The molecule has 0 saturated carbocycles.